The summed E-state index contributed by atoms with van der Waals surface area (Å²) in [6, 6.07) is 0.170. The molecule has 1 fully saturated rings. The Morgan fingerprint density at radius 1 is 1.76 bits per heavy atom. The lowest BCUT2D eigenvalue weighted by atomic mass is 10.2. The van der Waals surface area contributed by atoms with Crippen LogP contribution in [0.4, 0.5) is 5.82 Å². The minimum atomic E-state index is -0.182. The average Bonchev–Trinajstić information content (AvgIpc) is 2.34. The number of rotatable bonds is 2. The highest BCUT2D eigenvalue weighted by molar-refractivity contribution is 9.10. The van der Waals surface area contributed by atoms with Crippen molar-refractivity contribution < 1.29 is 4.74 Å². The molecule has 1 saturated heterocycles. The Morgan fingerprint density at radius 3 is 3.24 bits per heavy atom. The summed E-state index contributed by atoms with van der Waals surface area (Å²) in [4.78, 5) is 20.3. The van der Waals surface area contributed by atoms with Crippen LogP contribution in [0.5, 0.6) is 0 Å². The van der Waals surface area contributed by atoms with E-state index in [0.29, 0.717) is 30.0 Å². The number of aromatic amines is 1. The SMILES string of the molecule is CC1COC(CN)CN1c1nc[nH]c(=O)c1Br. The molecule has 7 heteroatoms. The van der Waals surface area contributed by atoms with E-state index in [4.69, 9.17) is 10.5 Å². The minimum absolute atomic E-state index is 0.0146. The molecule has 94 valence electrons. The molecule has 0 saturated carbocycles. The largest absolute Gasteiger partial charge is 0.373 e. The number of aromatic nitrogens is 2. The van der Waals surface area contributed by atoms with E-state index in [9.17, 15) is 4.79 Å². The number of nitrogens with one attached hydrogen (secondary N) is 1. The number of hydrogen-bond acceptors (Lipinski definition) is 5. The molecule has 0 aliphatic carbocycles. The Labute approximate surface area is 107 Å². The zero-order valence-corrected chi connectivity index (χ0v) is 11.1. The highest BCUT2D eigenvalue weighted by Gasteiger charge is 2.28. The molecule has 1 aromatic heterocycles. The van der Waals surface area contributed by atoms with Gasteiger partial charge in [-0.3, -0.25) is 4.79 Å². The normalized spacial score (nSPS) is 25.0. The molecule has 2 rings (SSSR count). The van der Waals surface area contributed by atoms with E-state index in [1.54, 1.807) is 0 Å². The number of anilines is 1. The molecular formula is C10H15BrN4O2. The smallest absolute Gasteiger partial charge is 0.267 e. The Morgan fingerprint density at radius 2 is 2.53 bits per heavy atom. The van der Waals surface area contributed by atoms with Crippen molar-refractivity contribution in [3.8, 4) is 0 Å². The van der Waals surface area contributed by atoms with E-state index < -0.39 is 0 Å². The van der Waals surface area contributed by atoms with Crippen molar-refractivity contribution in [3.05, 3.63) is 21.2 Å². The molecule has 2 atom stereocenters. The lowest BCUT2D eigenvalue weighted by molar-refractivity contribution is 0.0279. The van der Waals surface area contributed by atoms with Gasteiger partial charge in [0.1, 0.15) is 4.47 Å². The average molecular weight is 303 g/mol. The topological polar surface area (TPSA) is 84.2 Å². The van der Waals surface area contributed by atoms with Crippen molar-refractivity contribution in [2.24, 2.45) is 5.73 Å². The van der Waals surface area contributed by atoms with Crippen LogP contribution in [0.15, 0.2) is 15.6 Å². The second-order valence-corrected chi connectivity index (χ2v) is 4.85. The first-order chi connectivity index (χ1) is 8.13. The number of halogens is 1. The zero-order chi connectivity index (χ0) is 12.4. The second kappa shape index (κ2) is 5.16. The summed E-state index contributed by atoms with van der Waals surface area (Å²) in [6.45, 7) is 3.72. The number of morpholine rings is 1. The second-order valence-electron chi connectivity index (χ2n) is 4.06. The van der Waals surface area contributed by atoms with Crippen molar-refractivity contribution in [2.75, 3.05) is 24.6 Å². The molecule has 0 amide bonds. The molecule has 2 heterocycles. The maximum absolute atomic E-state index is 11.5. The Balaban J connectivity index is 2.31. The maximum Gasteiger partial charge on any atom is 0.267 e. The predicted molar refractivity (Wildman–Crippen MR) is 68.2 cm³/mol. The summed E-state index contributed by atoms with van der Waals surface area (Å²) in [5.41, 5.74) is 5.42. The molecule has 0 spiro atoms. The van der Waals surface area contributed by atoms with Crippen molar-refractivity contribution in [1.29, 1.82) is 0 Å². The third-order valence-electron chi connectivity index (χ3n) is 2.82. The summed E-state index contributed by atoms with van der Waals surface area (Å²) in [6.07, 6.45) is 1.39. The van der Waals surface area contributed by atoms with Crippen LogP contribution in [0, 0.1) is 0 Å². The van der Waals surface area contributed by atoms with Gasteiger partial charge in [-0.05, 0) is 22.9 Å². The quantitative estimate of drug-likeness (QED) is 0.808. The van der Waals surface area contributed by atoms with Gasteiger partial charge in [-0.2, -0.15) is 0 Å². The van der Waals surface area contributed by atoms with E-state index in [0.717, 1.165) is 0 Å². The minimum Gasteiger partial charge on any atom is -0.373 e. The fourth-order valence-corrected chi connectivity index (χ4v) is 2.27. The third-order valence-corrected chi connectivity index (χ3v) is 3.53. The first-order valence-corrected chi connectivity index (χ1v) is 6.24. The fourth-order valence-electron chi connectivity index (χ4n) is 1.83. The van der Waals surface area contributed by atoms with Crippen molar-refractivity contribution in [2.45, 2.75) is 19.1 Å². The Kier molecular flexibility index (Phi) is 3.80. The van der Waals surface area contributed by atoms with E-state index in [2.05, 4.69) is 25.9 Å². The first-order valence-electron chi connectivity index (χ1n) is 5.45. The molecule has 1 aliphatic rings. The number of hydrogen-bond donors (Lipinski definition) is 2. The lowest BCUT2D eigenvalue weighted by Crippen LogP contribution is -2.51. The summed E-state index contributed by atoms with van der Waals surface area (Å²) in [5.74, 6) is 0.642. The molecule has 3 N–H and O–H groups in total. The first kappa shape index (κ1) is 12.5. The van der Waals surface area contributed by atoms with Crippen LogP contribution in [0.2, 0.25) is 0 Å². The molecule has 1 aromatic rings. The van der Waals surface area contributed by atoms with Gasteiger partial charge < -0.3 is 20.4 Å². The van der Waals surface area contributed by atoms with E-state index >= 15 is 0 Å². The molecule has 1 aliphatic heterocycles. The van der Waals surface area contributed by atoms with Crippen LogP contribution in [0.25, 0.3) is 0 Å². The summed E-state index contributed by atoms with van der Waals surface area (Å²) >= 11 is 3.27. The van der Waals surface area contributed by atoms with Crippen LogP contribution in [-0.2, 0) is 4.74 Å². The van der Waals surface area contributed by atoms with Crippen LogP contribution in [0.3, 0.4) is 0 Å². The molecule has 17 heavy (non-hydrogen) atoms. The summed E-state index contributed by atoms with van der Waals surface area (Å²) < 4.78 is 6.01. The van der Waals surface area contributed by atoms with Crippen molar-refractivity contribution in [1.82, 2.24) is 9.97 Å². The predicted octanol–water partition coefficient (Wildman–Crippen LogP) is 0.0848. The van der Waals surface area contributed by atoms with Gasteiger partial charge in [-0.1, -0.05) is 0 Å². The van der Waals surface area contributed by atoms with Gasteiger partial charge >= 0.3 is 0 Å². The number of ether oxygens (including phenoxy) is 1. The van der Waals surface area contributed by atoms with Gasteiger partial charge in [0.2, 0.25) is 0 Å². The number of nitrogens with zero attached hydrogens (tertiary/aromatic N) is 2. The molecular weight excluding hydrogens is 288 g/mol. The standard InChI is InChI=1S/C10H15BrN4O2/c1-6-4-17-7(2-12)3-15(6)9-8(11)10(16)14-5-13-9/h5-7H,2-4,12H2,1H3,(H,13,14,16). The van der Waals surface area contributed by atoms with Gasteiger partial charge in [0.25, 0.3) is 5.56 Å². The Hall–Kier alpha value is -0.920. The van der Waals surface area contributed by atoms with Gasteiger partial charge in [-0.15, -0.1) is 0 Å². The van der Waals surface area contributed by atoms with Crippen LogP contribution < -0.4 is 16.2 Å². The van der Waals surface area contributed by atoms with Crippen LogP contribution in [0.1, 0.15) is 6.92 Å². The van der Waals surface area contributed by atoms with E-state index in [1.807, 2.05) is 11.8 Å². The maximum atomic E-state index is 11.5. The van der Waals surface area contributed by atoms with Crippen LogP contribution in [-0.4, -0.2) is 41.8 Å². The summed E-state index contributed by atoms with van der Waals surface area (Å²) in [5, 5.41) is 0. The monoisotopic (exact) mass is 302 g/mol. The van der Waals surface area contributed by atoms with Crippen molar-refractivity contribution >= 4 is 21.7 Å². The van der Waals surface area contributed by atoms with Gasteiger partial charge in [-0.25, -0.2) is 4.98 Å². The third kappa shape index (κ3) is 2.51. The molecule has 0 aromatic carbocycles. The van der Waals surface area contributed by atoms with E-state index in [1.165, 1.54) is 6.33 Å². The molecule has 0 radical (unpaired) electrons. The zero-order valence-electron chi connectivity index (χ0n) is 9.52. The highest BCUT2D eigenvalue weighted by atomic mass is 79.9. The number of H-pyrrole nitrogens is 1. The molecule has 2 unspecified atom stereocenters. The molecule has 6 nitrogen and oxygen atoms in total. The van der Waals surface area contributed by atoms with Gasteiger partial charge in [0, 0.05) is 13.1 Å². The van der Waals surface area contributed by atoms with Gasteiger partial charge in [0.15, 0.2) is 5.82 Å². The fraction of sp³-hybridized carbons (Fsp3) is 0.600. The van der Waals surface area contributed by atoms with Gasteiger partial charge in [0.05, 0.1) is 25.1 Å². The van der Waals surface area contributed by atoms with Crippen molar-refractivity contribution in [3.63, 3.8) is 0 Å². The highest BCUT2D eigenvalue weighted by Crippen LogP contribution is 2.24. The summed E-state index contributed by atoms with van der Waals surface area (Å²) in [7, 11) is 0. The Bertz CT molecular complexity index is 450. The number of nitrogens with two attached hydrogens (primary N) is 1. The van der Waals surface area contributed by atoms with E-state index in [-0.39, 0.29) is 17.7 Å². The molecule has 0 bridgehead atoms. The van der Waals surface area contributed by atoms with Crippen LogP contribution >= 0.6 is 15.9 Å². The lowest BCUT2D eigenvalue weighted by Gasteiger charge is -2.38.